The van der Waals surface area contributed by atoms with Gasteiger partial charge in [0, 0.05) is 10.8 Å². The van der Waals surface area contributed by atoms with Crippen LogP contribution in [-0.2, 0) is 11.2 Å². The summed E-state index contributed by atoms with van der Waals surface area (Å²) in [5, 5.41) is 10.6. The first-order valence-corrected chi connectivity index (χ1v) is 5.22. The zero-order chi connectivity index (χ0) is 11.8. The Labute approximate surface area is 96.5 Å². The molecular weight excluding hydrogens is 218 g/mol. The first-order chi connectivity index (χ1) is 8.24. The number of aliphatic carboxylic acids is 1. The Morgan fingerprint density at radius 2 is 2.24 bits per heavy atom. The van der Waals surface area contributed by atoms with E-state index in [4.69, 9.17) is 9.52 Å². The van der Waals surface area contributed by atoms with Gasteiger partial charge >= 0.3 is 5.97 Å². The van der Waals surface area contributed by atoms with Crippen LogP contribution in [-0.4, -0.2) is 16.1 Å². The van der Waals surface area contributed by atoms with Gasteiger partial charge in [-0.05, 0) is 30.3 Å². The number of aromatic nitrogens is 1. The number of carboxylic acids is 1. The number of carboxylic acid groups (broad SMARTS) is 1. The minimum absolute atomic E-state index is 0.0554. The van der Waals surface area contributed by atoms with Crippen molar-refractivity contribution in [3.05, 3.63) is 42.3 Å². The van der Waals surface area contributed by atoms with Crippen LogP contribution in [0.15, 0.2) is 41.0 Å². The predicted octanol–water partition coefficient (Wildman–Crippen LogP) is 2.61. The van der Waals surface area contributed by atoms with E-state index in [-0.39, 0.29) is 6.42 Å². The Morgan fingerprint density at radius 3 is 3.06 bits per heavy atom. The van der Waals surface area contributed by atoms with Gasteiger partial charge in [0.05, 0.1) is 23.9 Å². The molecule has 0 unspecified atom stereocenters. The predicted molar refractivity (Wildman–Crippen MR) is 62.9 cm³/mol. The van der Waals surface area contributed by atoms with Gasteiger partial charge in [0.15, 0.2) is 0 Å². The highest BCUT2D eigenvalue weighted by Crippen LogP contribution is 2.25. The maximum Gasteiger partial charge on any atom is 0.309 e. The number of benzene rings is 1. The summed E-state index contributed by atoms with van der Waals surface area (Å²) >= 11 is 0. The Morgan fingerprint density at radius 1 is 1.35 bits per heavy atom. The summed E-state index contributed by atoms with van der Waals surface area (Å²) < 4.78 is 5.35. The van der Waals surface area contributed by atoms with Crippen LogP contribution in [0.25, 0.3) is 21.9 Å². The fourth-order valence-electron chi connectivity index (χ4n) is 1.96. The summed E-state index contributed by atoms with van der Waals surface area (Å²) in [7, 11) is 0. The van der Waals surface area contributed by atoms with Gasteiger partial charge in [0.25, 0.3) is 0 Å². The molecule has 0 atom stereocenters. The van der Waals surface area contributed by atoms with Crippen molar-refractivity contribution in [2.45, 2.75) is 6.42 Å². The number of fused-ring (bicyclic) bond motifs is 3. The van der Waals surface area contributed by atoms with Crippen molar-refractivity contribution in [1.29, 1.82) is 0 Å². The van der Waals surface area contributed by atoms with Crippen LogP contribution in [0.3, 0.4) is 0 Å². The molecule has 0 saturated carbocycles. The van der Waals surface area contributed by atoms with E-state index in [9.17, 15) is 4.79 Å². The Kier molecular flexibility index (Phi) is 2.08. The zero-order valence-electron chi connectivity index (χ0n) is 8.88. The topological polar surface area (TPSA) is 63.3 Å². The molecular formula is C13H9NO3. The van der Waals surface area contributed by atoms with Gasteiger partial charge in [-0.25, -0.2) is 0 Å². The smallest absolute Gasteiger partial charge is 0.309 e. The third-order valence-electron chi connectivity index (χ3n) is 2.65. The summed E-state index contributed by atoms with van der Waals surface area (Å²) in [6.45, 7) is 0. The third-order valence-corrected chi connectivity index (χ3v) is 2.65. The normalized spacial score (nSPS) is 11.1. The second-order valence-corrected chi connectivity index (χ2v) is 3.85. The van der Waals surface area contributed by atoms with Crippen molar-refractivity contribution in [1.82, 2.24) is 4.98 Å². The molecule has 3 aromatic rings. The molecule has 84 valence electrons. The average molecular weight is 227 g/mol. The average Bonchev–Trinajstić information content (AvgIpc) is 2.70. The standard InChI is InChI=1S/C13H9NO3/c15-12(16)7-9-6-8-3-4-11-10(13(8)14-9)2-1-5-17-11/h1-6H,7H2,(H,15,16). The fourth-order valence-corrected chi connectivity index (χ4v) is 1.96. The van der Waals surface area contributed by atoms with Gasteiger partial charge in [-0.15, -0.1) is 0 Å². The molecule has 4 nitrogen and oxygen atoms in total. The zero-order valence-corrected chi connectivity index (χ0v) is 8.88. The maximum absolute atomic E-state index is 10.7. The molecule has 4 heteroatoms. The molecule has 0 aliphatic rings. The van der Waals surface area contributed by atoms with E-state index in [0.717, 1.165) is 21.9 Å². The maximum atomic E-state index is 10.7. The molecule has 1 aromatic carbocycles. The first-order valence-electron chi connectivity index (χ1n) is 5.22. The quantitative estimate of drug-likeness (QED) is 0.730. The summed E-state index contributed by atoms with van der Waals surface area (Å²) in [5.74, 6) is -0.873. The Hall–Kier alpha value is -2.36. The van der Waals surface area contributed by atoms with E-state index >= 15 is 0 Å². The van der Waals surface area contributed by atoms with Crippen molar-refractivity contribution in [3.63, 3.8) is 0 Å². The first kappa shape index (κ1) is 9.84. The largest absolute Gasteiger partial charge is 0.481 e. The van der Waals surface area contributed by atoms with Gasteiger partial charge in [0.2, 0.25) is 0 Å². The second-order valence-electron chi connectivity index (χ2n) is 3.85. The molecule has 0 saturated heterocycles. The fraction of sp³-hybridized carbons (Fsp3) is 0.0769. The summed E-state index contributed by atoms with van der Waals surface area (Å²) in [6.07, 6.45) is 1.55. The molecule has 2 aromatic heterocycles. The van der Waals surface area contributed by atoms with Crippen molar-refractivity contribution in [3.8, 4) is 0 Å². The minimum atomic E-state index is -0.873. The summed E-state index contributed by atoms with van der Waals surface area (Å²) in [6, 6.07) is 9.27. The van der Waals surface area contributed by atoms with Crippen molar-refractivity contribution < 1.29 is 14.3 Å². The molecule has 0 aliphatic heterocycles. The van der Waals surface area contributed by atoms with E-state index < -0.39 is 5.97 Å². The summed E-state index contributed by atoms with van der Waals surface area (Å²) in [4.78, 5) is 15.0. The number of rotatable bonds is 2. The van der Waals surface area contributed by atoms with E-state index in [2.05, 4.69) is 4.98 Å². The van der Waals surface area contributed by atoms with Crippen LogP contribution in [0.1, 0.15) is 5.69 Å². The van der Waals surface area contributed by atoms with Crippen LogP contribution in [0.2, 0.25) is 0 Å². The molecule has 17 heavy (non-hydrogen) atoms. The van der Waals surface area contributed by atoms with Crippen LogP contribution in [0.5, 0.6) is 0 Å². The van der Waals surface area contributed by atoms with E-state index in [1.807, 2.05) is 18.2 Å². The van der Waals surface area contributed by atoms with E-state index in [1.165, 1.54) is 0 Å². The SMILES string of the molecule is O=C(O)Cc1cc2ccc3occcc3c2n1. The van der Waals surface area contributed by atoms with Gasteiger partial charge in [-0.1, -0.05) is 0 Å². The molecule has 0 spiro atoms. The highest BCUT2D eigenvalue weighted by atomic mass is 16.4. The molecule has 1 N–H and O–H groups in total. The molecule has 3 rings (SSSR count). The second kappa shape index (κ2) is 3.59. The van der Waals surface area contributed by atoms with Crippen LogP contribution in [0, 0.1) is 0 Å². The molecule has 0 bridgehead atoms. The number of hydrogen-bond donors (Lipinski definition) is 1. The monoisotopic (exact) mass is 227 g/mol. The number of nitrogens with zero attached hydrogens (tertiary/aromatic N) is 1. The van der Waals surface area contributed by atoms with Crippen LogP contribution >= 0.6 is 0 Å². The highest BCUT2D eigenvalue weighted by molar-refractivity contribution is 6.03. The number of carbonyl (C=O) groups is 1. The summed E-state index contributed by atoms with van der Waals surface area (Å²) in [5.41, 5.74) is 2.12. The molecule has 0 amide bonds. The lowest BCUT2D eigenvalue weighted by atomic mass is 10.1. The van der Waals surface area contributed by atoms with Crippen LogP contribution in [0.4, 0.5) is 0 Å². The third kappa shape index (κ3) is 1.63. The molecule has 2 heterocycles. The van der Waals surface area contributed by atoms with Gasteiger partial charge in [0.1, 0.15) is 5.58 Å². The van der Waals surface area contributed by atoms with E-state index in [0.29, 0.717) is 5.69 Å². The van der Waals surface area contributed by atoms with Crippen molar-refractivity contribution in [2.75, 3.05) is 0 Å². The molecule has 0 radical (unpaired) electrons. The molecule has 0 aliphatic carbocycles. The van der Waals surface area contributed by atoms with Crippen LogP contribution < -0.4 is 0 Å². The van der Waals surface area contributed by atoms with E-state index in [1.54, 1.807) is 18.4 Å². The number of hydrogen-bond acceptors (Lipinski definition) is 3. The lowest BCUT2D eigenvalue weighted by Crippen LogP contribution is -1.99. The Bertz CT molecular complexity index is 715. The van der Waals surface area contributed by atoms with Gasteiger partial charge in [-0.2, -0.15) is 0 Å². The van der Waals surface area contributed by atoms with Crippen molar-refractivity contribution in [2.24, 2.45) is 0 Å². The Balaban J connectivity index is 2.27. The molecule has 0 fully saturated rings. The van der Waals surface area contributed by atoms with Gasteiger partial charge in [-0.3, -0.25) is 9.78 Å². The van der Waals surface area contributed by atoms with Crippen molar-refractivity contribution >= 4 is 27.8 Å². The lowest BCUT2D eigenvalue weighted by Gasteiger charge is -1.96. The van der Waals surface area contributed by atoms with Gasteiger partial charge < -0.3 is 9.52 Å². The highest BCUT2D eigenvalue weighted by Gasteiger charge is 2.09. The minimum Gasteiger partial charge on any atom is -0.481 e. The lowest BCUT2D eigenvalue weighted by molar-refractivity contribution is -0.136.